The minimum atomic E-state index is -4.65. The standard InChI is InChI=1S/C67H36F3N7/c1-40-25-51(29-52(26-40)67(68,69)70)55-36-65(76-61-21-17-47(43-11-5-9-41(27-43)38-71)32-56(61)57-33-48(18-22-62(57)76)44-12-6-10-42(28-44)39-72)66(37-60(55)75-4)77-63-23-19-49(45-13-7-15-53(30-45)73-2)34-58(63)59-35-50(20-24-64(59)77)46-14-8-16-54(31-46)74-3/h5-37H,1H3. The highest BCUT2D eigenvalue weighted by Crippen LogP contribution is 2.47. The molecule has 77 heavy (non-hydrogen) atoms. The molecule has 0 aliphatic rings. The van der Waals surface area contributed by atoms with Crippen molar-refractivity contribution >= 4 is 60.7 Å². The molecule has 0 bridgehead atoms. The quantitative estimate of drug-likeness (QED) is 0.149. The molecule has 0 saturated heterocycles. The van der Waals surface area contributed by atoms with Crippen molar-refractivity contribution in [3.05, 3.63) is 257 Å². The molecule has 360 valence electrons. The lowest BCUT2D eigenvalue weighted by Crippen LogP contribution is -2.06. The molecular formula is C67H36F3N7. The predicted octanol–water partition coefficient (Wildman–Crippen LogP) is 18.9. The van der Waals surface area contributed by atoms with E-state index in [9.17, 15) is 23.7 Å². The van der Waals surface area contributed by atoms with Crippen molar-refractivity contribution in [1.29, 1.82) is 10.5 Å². The van der Waals surface area contributed by atoms with Gasteiger partial charge in [0, 0.05) is 21.5 Å². The molecule has 2 aromatic heterocycles. The van der Waals surface area contributed by atoms with Crippen LogP contribution in [0.25, 0.3) is 125 Å². The Bertz CT molecular complexity index is 4480. The van der Waals surface area contributed by atoms with Crippen molar-refractivity contribution in [2.45, 2.75) is 13.1 Å². The Balaban J connectivity index is 1.21. The van der Waals surface area contributed by atoms with Crippen molar-refractivity contribution in [1.82, 2.24) is 9.13 Å². The monoisotopic (exact) mass is 995 g/mol. The average molecular weight is 996 g/mol. The Morgan fingerprint density at radius 2 is 0.792 bits per heavy atom. The fraction of sp³-hybridized carbons (Fsp3) is 0.0299. The molecule has 0 atom stereocenters. The van der Waals surface area contributed by atoms with E-state index in [-0.39, 0.29) is 11.3 Å². The number of alkyl halides is 3. The van der Waals surface area contributed by atoms with E-state index in [0.29, 0.717) is 45.0 Å². The zero-order chi connectivity index (χ0) is 53.1. The van der Waals surface area contributed by atoms with Crippen LogP contribution in [0, 0.1) is 49.3 Å². The molecule has 10 heteroatoms. The van der Waals surface area contributed by atoms with Gasteiger partial charge in [-0.25, -0.2) is 14.5 Å². The van der Waals surface area contributed by atoms with Crippen molar-refractivity contribution in [2.24, 2.45) is 0 Å². The largest absolute Gasteiger partial charge is 0.416 e. The average Bonchev–Trinajstić information content (AvgIpc) is 4.13. The molecule has 0 N–H and O–H groups in total. The van der Waals surface area contributed by atoms with Crippen molar-refractivity contribution in [3.8, 4) is 79.1 Å². The number of aromatic nitrogens is 2. The second-order valence-corrected chi connectivity index (χ2v) is 18.9. The maximum atomic E-state index is 14.7. The van der Waals surface area contributed by atoms with Crippen LogP contribution in [0.15, 0.2) is 200 Å². The van der Waals surface area contributed by atoms with E-state index in [1.54, 1.807) is 43.3 Å². The minimum Gasteiger partial charge on any atom is -0.308 e. The van der Waals surface area contributed by atoms with Gasteiger partial charge in [-0.15, -0.1) is 0 Å². The lowest BCUT2D eigenvalue weighted by molar-refractivity contribution is -0.137. The number of benzene rings is 10. The molecule has 12 aromatic rings. The normalized spacial score (nSPS) is 11.3. The van der Waals surface area contributed by atoms with Gasteiger partial charge in [0.05, 0.1) is 82.0 Å². The van der Waals surface area contributed by atoms with E-state index in [2.05, 4.69) is 60.1 Å². The second-order valence-electron chi connectivity index (χ2n) is 18.9. The van der Waals surface area contributed by atoms with Gasteiger partial charge >= 0.3 is 6.18 Å². The number of hydrogen-bond acceptors (Lipinski definition) is 2. The van der Waals surface area contributed by atoms with Crippen LogP contribution in [0.4, 0.5) is 30.2 Å². The Kier molecular flexibility index (Phi) is 11.3. The Morgan fingerprint density at radius 3 is 1.18 bits per heavy atom. The first-order valence-electron chi connectivity index (χ1n) is 24.3. The van der Waals surface area contributed by atoms with Crippen LogP contribution in [-0.2, 0) is 6.18 Å². The van der Waals surface area contributed by atoms with Gasteiger partial charge in [0.2, 0.25) is 0 Å². The van der Waals surface area contributed by atoms with Crippen LogP contribution in [0.1, 0.15) is 22.3 Å². The maximum absolute atomic E-state index is 14.7. The third-order valence-electron chi connectivity index (χ3n) is 14.2. The van der Waals surface area contributed by atoms with E-state index in [0.717, 1.165) is 100 Å². The molecule has 0 aliphatic heterocycles. The molecule has 0 spiro atoms. The molecule has 0 saturated carbocycles. The van der Waals surface area contributed by atoms with E-state index < -0.39 is 11.7 Å². The highest BCUT2D eigenvalue weighted by molar-refractivity contribution is 6.14. The summed E-state index contributed by atoms with van der Waals surface area (Å²) in [6.07, 6.45) is -4.65. The highest BCUT2D eigenvalue weighted by Gasteiger charge is 2.32. The smallest absolute Gasteiger partial charge is 0.308 e. The molecule has 0 unspecified atom stereocenters. The number of nitriles is 2. The molecular weight excluding hydrogens is 960 g/mol. The molecule has 10 aromatic carbocycles. The van der Waals surface area contributed by atoms with Gasteiger partial charge < -0.3 is 9.13 Å². The van der Waals surface area contributed by atoms with Crippen molar-refractivity contribution in [3.63, 3.8) is 0 Å². The van der Waals surface area contributed by atoms with Crippen LogP contribution in [-0.4, -0.2) is 9.13 Å². The molecule has 7 nitrogen and oxygen atoms in total. The minimum absolute atomic E-state index is 0.137. The van der Waals surface area contributed by atoms with Gasteiger partial charge in [-0.3, -0.25) is 0 Å². The number of halogens is 3. The lowest BCUT2D eigenvalue weighted by atomic mass is 9.97. The molecule has 0 aliphatic carbocycles. The third kappa shape index (κ3) is 8.25. The Labute approximate surface area is 440 Å². The summed E-state index contributed by atoms with van der Waals surface area (Å²) >= 11 is 0. The topological polar surface area (TPSA) is 70.5 Å². The van der Waals surface area contributed by atoms with Gasteiger partial charge in [-0.1, -0.05) is 91.0 Å². The number of fused-ring (bicyclic) bond motifs is 6. The van der Waals surface area contributed by atoms with Crippen molar-refractivity contribution in [2.75, 3.05) is 0 Å². The van der Waals surface area contributed by atoms with Gasteiger partial charge in [-0.2, -0.15) is 23.7 Å². The Hall–Kier alpha value is -11.0. The fourth-order valence-electron chi connectivity index (χ4n) is 10.7. The molecule has 2 heterocycles. The van der Waals surface area contributed by atoms with Gasteiger partial charge in [0.1, 0.15) is 0 Å². The first-order valence-corrected chi connectivity index (χ1v) is 24.3. The summed E-state index contributed by atoms with van der Waals surface area (Å²) in [4.78, 5) is 11.4. The summed E-state index contributed by atoms with van der Waals surface area (Å²) in [5, 5.41) is 23.2. The van der Waals surface area contributed by atoms with Crippen LogP contribution < -0.4 is 0 Å². The molecule has 0 fully saturated rings. The fourth-order valence-corrected chi connectivity index (χ4v) is 10.7. The number of nitrogens with zero attached hydrogens (tertiary/aromatic N) is 7. The summed E-state index contributed by atoms with van der Waals surface area (Å²) < 4.78 is 48.2. The Morgan fingerprint density at radius 1 is 0.403 bits per heavy atom. The summed E-state index contributed by atoms with van der Waals surface area (Å²) in [5.41, 5.74) is 13.3. The molecule has 0 radical (unpaired) electrons. The van der Waals surface area contributed by atoms with Crippen LogP contribution >= 0.6 is 0 Å². The highest BCUT2D eigenvalue weighted by atomic mass is 19.4. The first kappa shape index (κ1) is 47.1. The molecule has 0 amide bonds. The summed E-state index contributed by atoms with van der Waals surface area (Å²) in [6.45, 7) is 25.8. The van der Waals surface area contributed by atoms with Crippen molar-refractivity contribution < 1.29 is 13.2 Å². The lowest BCUT2D eigenvalue weighted by Gasteiger charge is -2.20. The van der Waals surface area contributed by atoms with Crippen LogP contribution in [0.2, 0.25) is 0 Å². The van der Waals surface area contributed by atoms with E-state index >= 15 is 0 Å². The number of aryl methyl sites for hydroxylation is 1. The summed E-state index contributed by atoms with van der Waals surface area (Å²) in [7, 11) is 0. The zero-order valence-electron chi connectivity index (χ0n) is 40.8. The number of rotatable bonds is 7. The summed E-state index contributed by atoms with van der Waals surface area (Å²) in [6, 6.07) is 66.0. The predicted molar refractivity (Wildman–Crippen MR) is 300 cm³/mol. The zero-order valence-corrected chi connectivity index (χ0v) is 40.8. The first-order chi connectivity index (χ1) is 37.4. The third-order valence-corrected chi connectivity index (χ3v) is 14.2. The van der Waals surface area contributed by atoms with Crippen LogP contribution in [0.5, 0.6) is 0 Å². The number of hydrogen-bond donors (Lipinski definition) is 0. The SMILES string of the molecule is [C-]#[N+]c1cccc(-c2ccc3c(c2)c2cc(-c4cccc([N+]#[C-])c4)ccc2n3-c2cc([N+]#[C-])c(-c3cc(C)cc(C(F)(F)F)c3)cc2-n2c3ccc(-c4cccc(C#N)c4)cc3c3cc(-c4cccc(C#N)c4)ccc32)c1. The van der Waals surface area contributed by atoms with Crippen LogP contribution in [0.3, 0.4) is 0 Å². The van der Waals surface area contributed by atoms with E-state index in [1.165, 1.54) is 0 Å². The second kappa shape index (κ2) is 18.5. The van der Waals surface area contributed by atoms with E-state index in [1.807, 2.05) is 127 Å². The van der Waals surface area contributed by atoms with Gasteiger partial charge in [0.25, 0.3) is 0 Å². The van der Waals surface area contributed by atoms with Gasteiger partial charge in [0.15, 0.2) is 17.1 Å². The maximum Gasteiger partial charge on any atom is 0.416 e. The van der Waals surface area contributed by atoms with Gasteiger partial charge in [-0.05, 0) is 177 Å². The molecule has 12 rings (SSSR count). The summed E-state index contributed by atoms with van der Waals surface area (Å²) in [5.74, 6) is 0. The van der Waals surface area contributed by atoms with E-state index in [4.69, 9.17) is 19.7 Å².